The van der Waals surface area contributed by atoms with Crippen LogP contribution in [-0.4, -0.2) is 52.6 Å². The SMILES string of the molecule is c1ncc(OC2CCNCC2)nc1Nc1cc([C@@H]2CCOC2)[nH]n1. The van der Waals surface area contributed by atoms with Gasteiger partial charge in [0.05, 0.1) is 19.0 Å². The van der Waals surface area contributed by atoms with Gasteiger partial charge in [0.25, 0.3) is 0 Å². The topological polar surface area (TPSA) is 97.0 Å². The first-order chi connectivity index (χ1) is 11.9. The van der Waals surface area contributed by atoms with E-state index in [-0.39, 0.29) is 6.10 Å². The molecular weight excluding hydrogens is 308 g/mol. The van der Waals surface area contributed by atoms with Crippen LogP contribution in [0.25, 0.3) is 0 Å². The summed E-state index contributed by atoms with van der Waals surface area (Å²) in [7, 11) is 0. The van der Waals surface area contributed by atoms with Crippen LogP contribution < -0.4 is 15.4 Å². The van der Waals surface area contributed by atoms with Crippen molar-refractivity contribution >= 4 is 11.6 Å². The van der Waals surface area contributed by atoms with Crippen molar-refractivity contribution in [3.63, 3.8) is 0 Å². The number of hydrogen-bond acceptors (Lipinski definition) is 7. The standard InChI is InChI=1S/C16H22N6O2/c1-4-17-5-2-12(1)24-16-9-18-8-15(20-16)19-14-7-13(21-22-14)11-3-6-23-10-11/h7-9,11-12,17H,1-6,10H2,(H2,19,20,21,22)/t11-/m1/s1. The van der Waals surface area contributed by atoms with Crippen LogP contribution in [0.2, 0.25) is 0 Å². The number of hydrogen-bond donors (Lipinski definition) is 3. The highest BCUT2D eigenvalue weighted by atomic mass is 16.5. The molecule has 2 saturated heterocycles. The lowest BCUT2D eigenvalue weighted by molar-refractivity contribution is 0.155. The lowest BCUT2D eigenvalue weighted by Gasteiger charge is -2.23. The Bertz CT molecular complexity index is 664. The molecule has 0 unspecified atom stereocenters. The number of aromatic nitrogens is 4. The Morgan fingerprint density at radius 3 is 2.92 bits per heavy atom. The van der Waals surface area contributed by atoms with Gasteiger partial charge in [-0.2, -0.15) is 10.1 Å². The van der Waals surface area contributed by atoms with Crippen molar-refractivity contribution < 1.29 is 9.47 Å². The van der Waals surface area contributed by atoms with Gasteiger partial charge in [0, 0.05) is 24.3 Å². The van der Waals surface area contributed by atoms with Crippen molar-refractivity contribution in [2.75, 3.05) is 31.6 Å². The van der Waals surface area contributed by atoms with Crippen LogP contribution in [0.3, 0.4) is 0 Å². The molecule has 4 heterocycles. The molecule has 0 radical (unpaired) electrons. The van der Waals surface area contributed by atoms with Gasteiger partial charge < -0.3 is 20.1 Å². The van der Waals surface area contributed by atoms with Gasteiger partial charge in [-0.15, -0.1) is 0 Å². The van der Waals surface area contributed by atoms with Gasteiger partial charge in [-0.3, -0.25) is 10.1 Å². The zero-order chi connectivity index (χ0) is 16.2. The average Bonchev–Trinajstić information content (AvgIpc) is 3.27. The normalized spacial score (nSPS) is 21.8. The predicted octanol–water partition coefficient (Wildman–Crippen LogP) is 1.58. The summed E-state index contributed by atoms with van der Waals surface area (Å²) in [5.41, 5.74) is 1.09. The van der Waals surface area contributed by atoms with E-state index in [2.05, 4.69) is 30.8 Å². The second-order valence-corrected chi connectivity index (χ2v) is 6.20. The molecule has 2 aliphatic heterocycles. The number of ether oxygens (including phenoxy) is 2. The Balaban J connectivity index is 1.40. The lowest BCUT2D eigenvalue weighted by atomic mass is 10.1. The molecule has 2 aromatic rings. The van der Waals surface area contributed by atoms with Gasteiger partial charge in [0.15, 0.2) is 11.6 Å². The van der Waals surface area contributed by atoms with Crippen LogP contribution in [0.4, 0.5) is 11.6 Å². The van der Waals surface area contributed by atoms with Crippen molar-refractivity contribution in [2.24, 2.45) is 0 Å². The van der Waals surface area contributed by atoms with Crippen molar-refractivity contribution in [1.82, 2.24) is 25.5 Å². The number of nitrogens with one attached hydrogen (secondary N) is 3. The molecule has 0 aromatic carbocycles. The van der Waals surface area contributed by atoms with Crippen LogP contribution in [0.15, 0.2) is 18.5 Å². The maximum atomic E-state index is 5.92. The number of anilines is 2. The Morgan fingerprint density at radius 2 is 2.08 bits per heavy atom. The van der Waals surface area contributed by atoms with Crippen LogP contribution in [0.1, 0.15) is 30.9 Å². The van der Waals surface area contributed by atoms with E-state index in [1.807, 2.05) is 6.07 Å². The van der Waals surface area contributed by atoms with Crippen molar-refractivity contribution in [2.45, 2.75) is 31.3 Å². The molecule has 0 saturated carbocycles. The molecule has 0 amide bonds. The summed E-state index contributed by atoms with van der Waals surface area (Å²) in [5.74, 6) is 2.30. The molecule has 0 aliphatic carbocycles. The van der Waals surface area contributed by atoms with Crippen LogP contribution in [0, 0.1) is 0 Å². The molecule has 3 N–H and O–H groups in total. The van der Waals surface area contributed by atoms with Gasteiger partial charge in [0.2, 0.25) is 5.88 Å². The third-order valence-electron chi connectivity index (χ3n) is 4.41. The first-order valence-corrected chi connectivity index (χ1v) is 8.46. The quantitative estimate of drug-likeness (QED) is 0.766. The molecule has 0 bridgehead atoms. The van der Waals surface area contributed by atoms with Crippen molar-refractivity contribution in [1.29, 1.82) is 0 Å². The fourth-order valence-corrected chi connectivity index (χ4v) is 3.07. The average molecular weight is 330 g/mol. The van der Waals surface area contributed by atoms with E-state index in [9.17, 15) is 0 Å². The maximum Gasteiger partial charge on any atom is 0.234 e. The van der Waals surface area contributed by atoms with E-state index in [4.69, 9.17) is 9.47 Å². The minimum Gasteiger partial charge on any atom is -0.473 e. The number of piperidine rings is 1. The Kier molecular flexibility index (Phi) is 4.57. The first kappa shape index (κ1) is 15.3. The lowest BCUT2D eigenvalue weighted by Crippen LogP contribution is -2.34. The van der Waals surface area contributed by atoms with E-state index in [0.29, 0.717) is 17.6 Å². The summed E-state index contributed by atoms with van der Waals surface area (Å²) in [5, 5.41) is 13.9. The van der Waals surface area contributed by atoms with E-state index < -0.39 is 0 Å². The number of H-pyrrole nitrogens is 1. The fraction of sp³-hybridized carbons (Fsp3) is 0.562. The summed E-state index contributed by atoms with van der Waals surface area (Å²) in [4.78, 5) is 8.68. The van der Waals surface area contributed by atoms with Gasteiger partial charge in [-0.25, -0.2) is 0 Å². The van der Waals surface area contributed by atoms with E-state index >= 15 is 0 Å². The third-order valence-corrected chi connectivity index (χ3v) is 4.41. The number of nitrogens with zero attached hydrogens (tertiary/aromatic N) is 3. The monoisotopic (exact) mass is 330 g/mol. The van der Waals surface area contributed by atoms with Crippen LogP contribution in [-0.2, 0) is 4.74 Å². The Labute approximate surface area is 140 Å². The van der Waals surface area contributed by atoms with Crippen LogP contribution >= 0.6 is 0 Å². The number of aromatic amines is 1. The molecule has 8 heteroatoms. The minimum absolute atomic E-state index is 0.204. The summed E-state index contributed by atoms with van der Waals surface area (Å²) >= 11 is 0. The molecule has 24 heavy (non-hydrogen) atoms. The fourth-order valence-electron chi connectivity index (χ4n) is 3.07. The summed E-state index contributed by atoms with van der Waals surface area (Å²) < 4.78 is 11.3. The molecule has 4 rings (SSSR count). The summed E-state index contributed by atoms with van der Waals surface area (Å²) in [6, 6.07) is 2.00. The smallest absolute Gasteiger partial charge is 0.234 e. The second kappa shape index (κ2) is 7.14. The molecule has 2 fully saturated rings. The van der Waals surface area contributed by atoms with Gasteiger partial charge in [-0.05, 0) is 32.4 Å². The minimum atomic E-state index is 0.204. The third kappa shape index (κ3) is 3.65. The highest BCUT2D eigenvalue weighted by Gasteiger charge is 2.20. The largest absolute Gasteiger partial charge is 0.473 e. The predicted molar refractivity (Wildman–Crippen MR) is 88.6 cm³/mol. The van der Waals surface area contributed by atoms with Gasteiger partial charge in [0.1, 0.15) is 6.10 Å². The zero-order valence-electron chi connectivity index (χ0n) is 13.5. The molecule has 1 atom stereocenters. The van der Waals surface area contributed by atoms with Crippen molar-refractivity contribution in [3.05, 3.63) is 24.2 Å². The number of rotatable bonds is 5. The molecule has 8 nitrogen and oxygen atoms in total. The highest BCUT2D eigenvalue weighted by Crippen LogP contribution is 2.26. The summed E-state index contributed by atoms with van der Waals surface area (Å²) in [6.07, 6.45) is 6.54. The zero-order valence-corrected chi connectivity index (χ0v) is 13.5. The van der Waals surface area contributed by atoms with Crippen molar-refractivity contribution in [3.8, 4) is 5.88 Å². The molecule has 2 aliphatic rings. The molecule has 0 spiro atoms. The Morgan fingerprint density at radius 1 is 1.17 bits per heavy atom. The maximum absolute atomic E-state index is 5.92. The van der Waals surface area contributed by atoms with Crippen LogP contribution in [0.5, 0.6) is 5.88 Å². The van der Waals surface area contributed by atoms with E-state index in [0.717, 1.165) is 57.1 Å². The molecule has 128 valence electrons. The highest BCUT2D eigenvalue weighted by molar-refractivity contribution is 5.51. The second-order valence-electron chi connectivity index (χ2n) is 6.20. The van der Waals surface area contributed by atoms with E-state index in [1.54, 1.807) is 12.4 Å². The first-order valence-electron chi connectivity index (χ1n) is 8.46. The van der Waals surface area contributed by atoms with E-state index in [1.165, 1.54) is 0 Å². The molecule has 2 aromatic heterocycles. The van der Waals surface area contributed by atoms with Gasteiger partial charge >= 0.3 is 0 Å². The molecular formula is C16H22N6O2. The Hall–Kier alpha value is -2.19. The summed E-state index contributed by atoms with van der Waals surface area (Å²) in [6.45, 7) is 3.53. The van der Waals surface area contributed by atoms with Gasteiger partial charge in [-0.1, -0.05) is 0 Å².